The predicted octanol–water partition coefficient (Wildman–Crippen LogP) is 1.89. The molecule has 1 unspecified atom stereocenters. The SMILES string of the molecule is COc1cc(/C(C=N)=C/NC2CCCN(C)C2)cn2ncc(C#N)c12. The van der Waals surface area contributed by atoms with Gasteiger partial charge in [-0.15, -0.1) is 0 Å². The van der Waals surface area contributed by atoms with E-state index in [0.29, 0.717) is 22.9 Å². The van der Waals surface area contributed by atoms with E-state index in [9.17, 15) is 5.26 Å². The van der Waals surface area contributed by atoms with Crippen LogP contribution in [-0.2, 0) is 0 Å². The number of nitrogens with one attached hydrogen (secondary N) is 2. The fourth-order valence-corrected chi connectivity index (χ4v) is 3.20. The van der Waals surface area contributed by atoms with E-state index in [-0.39, 0.29) is 0 Å². The molecule has 2 aromatic rings. The molecule has 3 rings (SSSR count). The van der Waals surface area contributed by atoms with Gasteiger partial charge in [-0.25, -0.2) is 4.52 Å². The van der Waals surface area contributed by atoms with E-state index in [0.717, 1.165) is 30.6 Å². The molecule has 0 aliphatic carbocycles. The zero-order valence-corrected chi connectivity index (χ0v) is 14.5. The third-order valence-corrected chi connectivity index (χ3v) is 4.51. The lowest BCUT2D eigenvalue weighted by Gasteiger charge is -2.30. The van der Waals surface area contributed by atoms with E-state index < -0.39 is 0 Å². The van der Waals surface area contributed by atoms with E-state index in [4.69, 9.17) is 10.1 Å². The van der Waals surface area contributed by atoms with E-state index in [1.54, 1.807) is 11.6 Å². The van der Waals surface area contributed by atoms with Crippen molar-refractivity contribution in [3.8, 4) is 11.8 Å². The van der Waals surface area contributed by atoms with E-state index >= 15 is 0 Å². The van der Waals surface area contributed by atoms with Gasteiger partial charge in [0.1, 0.15) is 22.9 Å². The Morgan fingerprint density at radius 1 is 1.56 bits per heavy atom. The molecule has 7 heteroatoms. The van der Waals surface area contributed by atoms with Crippen molar-refractivity contribution in [2.75, 3.05) is 27.2 Å². The highest BCUT2D eigenvalue weighted by atomic mass is 16.5. The Balaban J connectivity index is 1.91. The second-order valence-electron chi connectivity index (χ2n) is 6.27. The molecule has 2 aromatic heterocycles. The maximum absolute atomic E-state index is 9.20. The standard InChI is InChI=1S/C18H22N6O/c1-23-5-3-4-16(12-23)21-9-14(7-19)13-6-17(25-2)18-15(8-20)10-22-24(18)11-13/h6-7,9-11,16,19,21H,3-5,12H2,1-2H3/b14-9+,19-7?. The molecule has 2 N–H and O–H groups in total. The summed E-state index contributed by atoms with van der Waals surface area (Å²) in [5.41, 5.74) is 2.65. The molecule has 3 heterocycles. The van der Waals surface area contributed by atoms with E-state index in [1.807, 2.05) is 18.5 Å². The second kappa shape index (κ2) is 7.36. The summed E-state index contributed by atoms with van der Waals surface area (Å²) < 4.78 is 7.05. The molecule has 1 atom stereocenters. The highest BCUT2D eigenvalue weighted by Gasteiger charge is 2.16. The number of rotatable bonds is 5. The Bertz CT molecular complexity index is 847. The molecule has 0 spiro atoms. The molecule has 1 fully saturated rings. The van der Waals surface area contributed by atoms with E-state index in [2.05, 4.69) is 28.4 Å². The number of hydrogen-bond donors (Lipinski definition) is 2. The number of hydrogen-bond acceptors (Lipinski definition) is 6. The average Bonchev–Trinajstić information content (AvgIpc) is 3.05. The number of likely N-dealkylation sites (N-methyl/N-ethyl adjacent to an activating group) is 1. The lowest BCUT2D eigenvalue weighted by molar-refractivity contribution is 0.238. The number of pyridine rings is 1. The summed E-state index contributed by atoms with van der Waals surface area (Å²) in [5, 5.41) is 24.6. The van der Waals surface area contributed by atoms with Crippen molar-refractivity contribution in [2.24, 2.45) is 0 Å². The van der Waals surface area contributed by atoms with Crippen LogP contribution in [0.1, 0.15) is 24.0 Å². The van der Waals surface area contributed by atoms with Crippen LogP contribution in [-0.4, -0.2) is 54.0 Å². The van der Waals surface area contributed by atoms with Crippen molar-refractivity contribution in [1.29, 1.82) is 10.7 Å². The Morgan fingerprint density at radius 2 is 2.40 bits per heavy atom. The number of nitriles is 1. The van der Waals surface area contributed by atoms with Crippen LogP contribution in [0.5, 0.6) is 5.75 Å². The van der Waals surface area contributed by atoms with Crippen molar-refractivity contribution < 1.29 is 4.74 Å². The van der Waals surface area contributed by atoms with Gasteiger partial charge < -0.3 is 20.4 Å². The van der Waals surface area contributed by atoms with Crippen molar-refractivity contribution in [2.45, 2.75) is 18.9 Å². The Morgan fingerprint density at radius 3 is 3.08 bits per heavy atom. The minimum Gasteiger partial charge on any atom is -0.494 e. The minimum absolute atomic E-state index is 0.384. The first-order chi connectivity index (χ1) is 12.2. The van der Waals surface area contributed by atoms with Crippen molar-refractivity contribution in [3.63, 3.8) is 0 Å². The summed E-state index contributed by atoms with van der Waals surface area (Å²) in [6, 6.07) is 4.34. The normalized spacial score (nSPS) is 18.8. The molecule has 1 aliphatic heterocycles. The fourth-order valence-electron chi connectivity index (χ4n) is 3.20. The van der Waals surface area contributed by atoms with Gasteiger partial charge in [-0.1, -0.05) is 0 Å². The number of ether oxygens (including phenoxy) is 1. The number of aromatic nitrogens is 2. The van der Waals surface area contributed by atoms with Crippen LogP contribution < -0.4 is 10.1 Å². The topological polar surface area (TPSA) is 89.4 Å². The molecule has 0 aromatic carbocycles. The van der Waals surface area contributed by atoms with Gasteiger partial charge >= 0.3 is 0 Å². The summed E-state index contributed by atoms with van der Waals surface area (Å²) >= 11 is 0. The van der Waals surface area contributed by atoms with Crippen molar-refractivity contribution in [1.82, 2.24) is 19.8 Å². The largest absolute Gasteiger partial charge is 0.494 e. The summed E-state index contributed by atoms with van der Waals surface area (Å²) in [7, 11) is 3.69. The molecular weight excluding hydrogens is 316 g/mol. The Kier molecular flexibility index (Phi) is 5.00. The maximum atomic E-state index is 9.20. The molecule has 0 bridgehead atoms. The summed E-state index contributed by atoms with van der Waals surface area (Å²) in [4.78, 5) is 2.31. The summed E-state index contributed by atoms with van der Waals surface area (Å²) in [6.45, 7) is 2.13. The van der Waals surface area contributed by atoms with Crippen LogP contribution in [0, 0.1) is 16.7 Å². The first-order valence-electron chi connectivity index (χ1n) is 8.27. The molecule has 0 saturated carbocycles. The van der Waals surface area contributed by atoms with Crippen LogP contribution >= 0.6 is 0 Å². The highest BCUT2D eigenvalue weighted by molar-refractivity contribution is 6.08. The molecule has 130 valence electrons. The number of piperidine rings is 1. The Labute approximate surface area is 147 Å². The quantitative estimate of drug-likeness (QED) is 0.813. The van der Waals surface area contributed by atoms with Gasteiger partial charge in [-0.05, 0) is 32.5 Å². The van der Waals surface area contributed by atoms with Crippen LogP contribution in [0.25, 0.3) is 11.1 Å². The van der Waals surface area contributed by atoms with E-state index in [1.165, 1.54) is 18.8 Å². The smallest absolute Gasteiger partial charge is 0.146 e. The van der Waals surface area contributed by atoms with Gasteiger partial charge in [-0.2, -0.15) is 10.4 Å². The molecule has 0 amide bonds. The van der Waals surface area contributed by atoms with Gasteiger partial charge in [0, 0.05) is 42.3 Å². The zero-order chi connectivity index (χ0) is 17.8. The van der Waals surface area contributed by atoms with Crippen LogP contribution in [0.15, 0.2) is 24.7 Å². The maximum Gasteiger partial charge on any atom is 0.146 e. The zero-order valence-electron chi connectivity index (χ0n) is 14.5. The summed E-state index contributed by atoms with van der Waals surface area (Å²) in [6.07, 6.45) is 8.82. The van der Waals surface area contributed by atoms with Gasteiger partial charge in [-0.3, -0.25) is 0 Å². The lowest BCUT2D eigenvalue weighted by Crippen LogP contribution is -2.42. The predicted molar refractivity (Wildman–Crippen MR) is 96.9 cm³/mol. The minimum atomic E-state index is 0.384. The highest BCUT2D eigenvalue weighted by Crippen LogP contribution is 2.27. The fraction of sp³-hybridized carbons (Fsp3) is 0.389. The average molecular weight is 338 g/mol. The van der Waals surface area contributed by atoms with Crippen LogP contribution in [0.2, 0.25) is 0 Å². The van der Waals surface area contributed by atoms with Gasteiger partial charge in [0.2, 0.25) is 0 Å². The second-order valence-corrected chi connectivity index (χ2v) is 6.27. The third-order valence-electron chi connectivity index (χ3n) is 4.51. The number of methoxy groups -OCH3 is 1. The van der Waals surface area contributed by atoms with Crippen LogP contribution in [0.3, 0.4) is 0 Å². The number of fused-ring (bicyclic) bond motifs is 1. The van der Waals surface area contributed by atoms with Gasteiger partial charge in [0.15, 0.2) is 0 Å². The first kappa shape index (κ1) is 17.0. The number of likely N-dealkylation sites (tertiary alicyclic amines) is 1. The first-order valence-corrected chi connectivity index (χ1v) is 8.27. The Hall–Kier alpha value is -2.85. The monoisotopic (exact) mass is 338 g/mol. The van der Waals surface area contributed by atoms with Crippen molar-refractivity contribution in [3.05, 3.63) is 35.8 Å². The third kappa shape index (κ3) is 3.49. The summed E-state index contributed by atoms with van der Waals surface area (Å²) in [5.74, 6) is 0.566. The van der Waals surface area contributed by atoms with Gasteiger partial charge in [0.05, 0.1) is 13.3 Å². The van der Waals surface area contributed by atoms with Gasteiger partial charge in [0.25, 0.3) is 0 Å². The lowest BCUT2D eigenvalue weighted by atomic mass is 10.1. The molecule has 0 radical (unpaired) electrons. The molecule has 7 nitrogen and oxygen atoms in total. The molecule has 1 saturated heterocycles. The molecule has 1 aliphatic rings. The van der Waals surface area contributed by atoms with Crippen molar-refractivity contribution >= 4 is 17.3 Å². The number of nitrogens with zero attached hydrogens (tertiary/aromatic N) is 4. The number of allylic oxidation sites excluding steroid dienone is 1. The molecule has 25 heavy (non-hydrogen) atoms. The van der Waals surface area contributed by atoms with Crippen LogP contribution in [0.4, 0.5) is 0 Å². The molecular formula is C18H22N6O.